The zero-order valence-corrected chi connectivity index (χ0v) is 15.1. The van der Waals surface area contributed by atoms with E-state index in [4.69, 9.17) is 0 Å². The van der Waals surface area contributed by atoms with Crippen LogP contribution in [0.25, 0.3) is 0 Å². The molecule has 1 heterocycles. The van der Waals surface area contributed by atoms with Gasteiger partial charge in [0, 0.05) is 31.1 Å². The van der Waals surface area contributed by atoms with Gasteiger partial charge in [0.05, 0.1) is 0 Å². The second-order valence-corrected chi connectivity index (χ2v) is 5.97. The van der Waals surface area contributed by atoms with Crippen molar-refractivity contribution in [3.05, 3.63) is 61.7 Å². The van der Waals surface area contributed by atoms with Gasteiger partial charge in [-0.2, -0.15) is 0 Å². The third-order valence-electron chi connectivity index (χ3n) is 2.22. The van der Waals surface area contributed by atoms with E-state index < -0.39 is 0 Å². The van der Waals surface area contributed by atoms with Crippen LogP contribution in [-0.4, -0.2) is 0 Å². The summed E-state index contributed by atoms with van der Waals surface area (Å²) in [5.41, 5.74) is 1.24. The van der Waals surface area contributed by atoms with Crippen molar-refractivity contribution in [1.82, 2.24) is 0 Å². The van der Waals surface area contributed by atoms with Crippen molar-refractivity contribution in [3.63, 3.8) is 0 Å². The molecule has 90 valence electrons. The maximum Gasteiger partial charge on any atom is 0.174 e. The number of benzene rings is 1. The Labute approximate surface area is 136 Å². The highest BCUT2D eigenvalue weighted by atomic mass is 79.9. The van der Waals surface area contributed by atoms with Crippen LogP contribution in [0, 0.1) is 0 Å². The van der Waals surface area contributed by atoms with Gasteiger partial charge in [0.1, 0.15) is 0 Å². The van der Waals surface area contributed by atoms with E-state index in [2.05, 4.69) is 76.9 Å². The highest BCUT2D eigenvalue weighted by Crippen LogP contribution is 2.29. The molecular weight excluding hydrogens is 478 g/mol. The summed E-state index contributed by atoms with van der Waals surface area (Å²) in [6, 6.07) is 10.3. The summed E-state index contributed by atoms with van der Waals surface area (Å²) in [7, 11) is 0. The third-order valence-corrected chi connectivity index (χ3v) is 4.80. The van der Waals surface area contributed by atoms with Crippen LogP contribution in [0.4, 0.5) is 0 Å². The van der Waals surface area contributed by atoms with Gasteiger partial charge in [-0.25, -0.2) is 4.57 Å². The Morgan fingerprint density at radius 2 is 1.41 bits per heavy atom. The number of aromatic nitrogens is 1. The molecule has 5 heteroatoms. The van der Waals surface area contributed by atoms with Gasteiger partial charge in [-0.3, -0.25) is 0 Å². The molecular formula is C12H9Br4N. The number of rotatable bonds is 2. The van der Waals surface area contributed by atoms with E-state index in [0.29, 0.717) is 0 Å². The number of nitrogens with zero attached hydrogens (tertiary/aromatic N) is 1. The highest BCUT2D eigenvalue weighted by molar-refractivity contribution is 9.13. The van der Waals surface area contributed by atoms with Gasteiger partial charge >= 0.3 is 0 Å². The van der Waals surface area contributed by atoms with Gasteiger partial charge in [-0.1, -0.05) is 22.0 Å². The summed E-state index contributed by atoms with van der Waals surface area (Å²) in [4.78, 5) is 0. The van der Waals surface area contributed by atoms with Gasteiger partial charge in [-0.15, -0.1) is 0 Å². The molecule has 0 atom stereocenters. The van der Waals surface area contributed by atoms with Crippen molar-refractivity contribution in [2.75, 3.05) is 0 Å². The lowest BCUT2D eigenvalue weighted by molar-refractivity contribution is -0.688. The minimum Gasteiger partial charge on any atom is -1.00 e. The number of halogens is 4. The van der Waals surface area contributed by atoms with Gasteiger partial charge < -0.3 is 17.0 Å². The zero-order chi connectivity index (χ0) is 11.5. The maximum absolute atomic E-state index is 3.57. The minimum absolute atomic E-state index is 0. The molecule has 0 bridgehead atoms. The Morgan fingerprint density at radius 1 is 0.824 bits per heavy atom. The monoisotopic (exact) mass is 483 g/mol. The van der Waals surface area contributed by atoms with E-state index in [0.717, 1.165) is 20.0 Å². The normalized spacial score (nSPS) is 9.82. The molecule has 2 rings (SSSR count). The van der Waals surface area contributed by atoms with Crippen LogP contribution in [0.5, 0.6) is 0 Å². The first-order chi connectivity index (χ1) is 7.66. The highest BCUT2D eigenvalue weighted by Gasteiger charge is 2.09. The third kappa shape index (κ3) is 4.16. The molecule has 2 aromatic rings. The summed E-state index contributed by atoms with van der Waals surface area (Å²) in [5, 5.41) is 0. The molecule has 0 amide bonds. The second-order valence-electron chi connectivity index (χ2n) is 3.41. The van der Waals surface area contributed by atoms with Crippen molar-refractivity contribution < 1.29 is 21.5 Å². The lowest BCUT2D eigenvalue weighted by atomic mass is 10.2. The van der Waals surface area contributed by atoms with E-state index in [1.165, 1.54) is 5.56 Å². The molecule has 0 aliphatic carbocycles. The minimum atomic E-state index is 0. The zero-order valence-electron chi connectivity index (χ0n) is 8.71. The fourth-order valence-corrected chi connectivity index (χ4v) is 2.93. The number of pyridine rings is 1. The van der Waals surface area contributed by atoms with Crippen LogP contribution in [0.3, 0.4) is 0 Å². The van der Waals surface area contributed by atoms with Crippen LogP contribution in [0.1, 0.15) is 5.56 Å². The van der Waals surface area contributed by atoms with Gasteiger partial charge in [0.2, 0.25) is 0 Å². The SMILES string of the molecule is Brc1cc(Br)c(C[n+]2ccccc2)cc1Br.[Br-]. The summed E-state index contributed by atoms with van der Waals surface area (Å²) in [5.74, 6) is 0. The van der Waals surface area contributed by atoms with Crippen molar-refractivity contribution in [2.45, 2.75) is 6.54 Å². The summed E-state index contributed by atoms with van der Waals surface area (Å²) in [6.45, 7) is 0.854. The fraction of sp³-hybridized carbons (Fsp3) is 0.0833. The van der Waals surface area contributed by atoms with Crippen LogP contribution in [-0.2, 0) is 6.54 Å². The maximum atomic E-state index is 3.57. The van der Waals surface area contributed by atoms with Crippen LogP contribution in [0.2, 0.25) is 0 Å². The second kappa shape index (κ2) is 7.02. The Bertz CT molecular complexity index is 499. The first kappa shape index (κ1) is 15.3. The molecule has 0 saturated heterocycles. The van der Waals surface area contributed by atoms with E-state index in [-0.39, 0.29) is 17.0 Å². The lowest BCUT2D eigenvalue weighted by Gasteiger charge is -2.04. The van der Waals surface area contributed by atoms with E-state index in [9.17, 15) is 0 Å². The molecule has 0 unspecified atom stereocenters. The number of hydrogen-bond donors (Lipinski definition) is 0. The Balaban J connectivity index is 0.00000144. The lowest BCUT2D eigenvalue weighted by Crippen LogP contribution is -3.00. The molecule has 0 radical (unpaired) electrons. The largest absolute Gasteiger partial charge is 1.00 e. The average Bonchev–Trinajstić information content (AvgIpc) is 2.27. The average molecular weight is 487 g/mol. The molecule has 0 aliphatic rings. The van der Waals surface area contributed by atoms with Gasteiger partial charge in [-0.05, 0) is 44.0 Å². The first-order valence-electron chi connectivity index (χ1n) is 4.74. The van der Waals surface area contributed by atoms with Crippen molar-refractivity contribution in [1.29, 1.82) is 0 Å². The molecule has 1 aromatic carbocycles. The van der Waals surface area contributed by atoms with Crippen LogP contribution in [0.15, 0.2) is 56.1 Å². The van der Waals surface area contributed by atoms with Crippen molar-refractivity contribution >= 4 is 47.8 Å². The summed E-state index contributed by atoms with van der Waals surface area (Å²) in [6.07, 6.45) is 4.12. The molecule has 1 nitrogen and oxygen atoms in total. The molecule has 0 saturated carbocycles. The van der Waals surface area contributed by atoms with E-state index in [1.54, 1.807) is 0 Å². The van der Waals surface area contributed by atoms with Gasteiger partial charge in [0.15, 0.2) is 18.9 Å². The Morgan fingerprint density at radius 3 is 2.06 bits per heavy atom. The standard InChI is InChI=1S/C12H9Br3N.BrH/c13-10-7-12(15)11(14)6-9(10)8-16-4-2-1-3-5-16;/h1-7H,8H2;1H/q+1;/p-1. The fourth-order valence-electron chi connectivity index (χ4n) is 1.42. The summed E-state index contributed by atoms with van der Waals surface area (Å²) >= 11 is 10.6. The smallest absolute Gasteiger partial charge is 0.174 e. The molecule has 0 spiro atoms. The Hall–Kier alpha value is 0.290. The molecule has 0 N–H and O–H groups in total. The molecule has 0 fully saturated rings. The Kier molecular flexibility index (Phi) is 6.34. The first-order valence-corrected chi connectivity index (χ1v) is 7.12. The van der Waals surface area contributed by atoms with Gasteiger partial charge in [0.25, 0.3) is 0 Å². The van der Waals surface area contributed by atoms with Crippen LogP contribution < -0.4 is 21.5 Å². The number of hydrogen-bond acceptors (Lipinski definition) is 0. The van der Waals surface area contributed by atoms with Crippen molar-refractivity contribution in [3.8, 4) is 0 Å². The predicted octanol–water partition coefficient (Wildman–Crippen LogP) is 1.31. The topological polar surface area (TPSA) is 3.88 Å². The molecule has 0 aliphatic heterocycles. The predicted molar refractivity (Wildman–Crippen MR) is 75.3 cm³/mol. The summed E-state index contributed by atoms with van der Waals surface area (Å²) < 4.78 is 5.38. The quantitative estimate of drug-likeness (QED) is 0.445. The molecule has 17 heavy (non-hydrogen) atoms. The van der Waals surface area contributed by atoms with Crippen molar-refractivity contribution in [2.24, 2.45) is 0 Å². The van der Waals surface area contributed by atoms with E-state index in [1.807, 2.05) is 18.2 Å². The van der Waals surface area contributed by atoms with E-state index >= 15 is 0 Å². The van der Waals surface area contributed by atoms with Crippen LogP contribution >= 0.6 is 47.8 Å². The molecule has 1 aromatic heterocycles.